The summed E-state index contributed by atoms with van der Waals surface area (Å²) in [5.74, 6) is 0.184. The van der Waals surface area contributed by atoms with E-state index in [1.807, 2.05) is 0 Å². The Hall–Kier alpha value is -1.30. The van der Waals surface area contributed by atoms with Crippen LogP contribution in [0, 0.1) is 0 Å². The molecule has 0 heterocycles. The maximum Gasteiger partial charge on any atom is 0.306 e. The van der Waals surface area contributed by atoms with E-state index in [4.69, 9.17) is 9.47 Å². The van der Waals surface area contributed by atoms with Gasteiger partial charge in [-0.3, -0.25) is 0 Å². The molecule has 4 nitrogen and oxygen atoms in total. The van der Waals surface area contributed by atoms with Gasteiger partial charge in [0.1, 0.15) is 5.75 Å². The van der Waals surface area contributed by atoms with Crippen molar-refractivity contribution < 1.29 is 21.8 Å². The van der Waals surface area contributed by atoms with E-state index in [0.29, 0.717) is 17.1 Å². The van der Waals surface area contributed by atoms with Gasteiger partial charge in [0.15, 0.2) is 11.5 Å². The molecule has 0 aliphatic rings. The maximum absolute atomic E-state index is 12.4. The summed E-state index contributed by atoms with van der Waals surface area (Å²) in [7, 11) is -1.63. The third-order valence-electron chi connectivity index (χ3n) is 1.79. The van der Waals surface area contributed by atoms with Crippen molar-refractivity contribution in [2.45, 2.75) is 5.75 Å². The van der Waals surface area contributed by atoms with Crippen LogP contribution in [0.5, 0.6) is 11.5 Å². The highest BCUT2D eigenvalue weighted by molar-refractivity contribution is 7.85. The first-order chi connectivity index (χ1) is 6.96. The highest BCUT2D eigenvalue weighted by Crippen LogP contribution is 2.28. The average Bonchev–Trinajstić information content (AvgIpc) is 2.15. The Morgan fingerprint density at radius 1 is 1.20 bits per heavy atom. The van der Waals surface area contributed by atoms with Gasteiger partial charge in [0.2, 0.25) is 0 Å². The number of hydrogen-bond donors (Lipinski definition) is 0. The lowest BCUT2D eigenvalue weighted by Crippen LogP contribution is -1.98. The molecule has 0 spiro atoms. The van der Waals surface area contributed by atoms with Crippen LogP contribution in [0.2, 0.25) is 0 Å². The van der Waals surface area contributed by atoms with E-state index >= 15 is 0 Å². The largest absolute Gasteiger partial charge is 0.493 e. The molecular weight excluding hydrogens is 223 g/mol. The van der Waals surface area contributed by atoms with E-state index in [9.17, 15) is 12.3 Å². The van der Waals surface area contributed by atoms with Crippen LogP contribution in [-0.2, 0) is 16.0 Å². The molecule has 0 atom stereocenters. The summed E-state index contributed by atoms with van der Waals surface area (Å²) in [5.41, 5.74) is 0.315. The summed E-state index contributed by atoms with van der Waals surface area (Å²) < 4.78 is 43.1. The molecule has 0 N–H and O–H groups in total. The summed E-state index contributed by atoms with van der Waals surface area (Å²) in [5, 5.41) is 0. The number of methoxy groups -OCH3 is 2. The Morgan fingerprint density at radius 2 is 1.80 bits per heavy atom. The SMILES string of the molecule is COc1ccc(CS(=O)(=O)F)cc1OC. The molecule has 0 aliphatic heterocycles. The Bertz CT molecular complexity index is 441. The summed E-state index contributed by atoms with van der Waals surface area (Å²) in [4.78, 5) is 0. The van der Waals surface area contributed by atoms with E-state index in [-0.39, 0.29) is 0 Å². The molecule has 1 rings (SSSR count). The zero-order valence-corrected chi connectivity index (χ0v) is 9.17. The maximum atomic E-state index is 12.4. The van der Waals surface area contributed by atoms with Crippen molar-refractivity contribution in [3.8, 4) is 11.5 Å². The van der Waals surface area contributed by atoms with E-state index in [1.165, 1.54) is 32.4 Å². The molecule has 0 unspecified atom stereocenters. The van der Waals surface area contributed by atoms with Crippen LogP contribution in [0.1, 0.15) is 5.56 Å². The molecule has 0 aliphatic carbocycles. The Kier molecular flexibility index (Phi) is 3.52. The second-order valence-electron chi connectivity index (χ2n) is 2.87. The van der Waals surface area contributed by atoms with Gasteiger partial charge in [-0.1, -0.05) is 6.07 Å². The van der Waals surface area contributed by atoms with Crippen molar-refractivity contribution in [2.75, 3.05) is 14.2 Å². The number of hydrogen-bond acceptors (Lipinski definition) is 4. The number of ether oxygens (including phenoxy) is 2. The van der Waals surface area contributed by atoms with Crippen LogP contribution in [0.3, 0.4) is 0 Å². The smallest absolute Gasteiger partial charge is 0.306 e. The monoisotopic (exact) mass is 234 g/mol. The summed E-state index contributed by atoms with van der Waals surface area (Å²) >= 11 is 0. The molecule has 15 heavy (non-hydrogen) atoms. The molecule has 0 saturated carbocycles. The standard InChI is InChI=1S/C9H11FO4S/c1-13-8-4-3-7(5-9(8)14-2)6-15(10,11)12/h3-5H,6H2,1-2H3. The van der Waals surface area contributed by atoms with Crippen molar-refractivity contribution >= 4 is 10.2 Å². The van der Waals surface area contributed by atoms with E-state index < -0.39 is 16.0 Å². The van der Waals surface area contributed by atoms with Crippen molar-refractivity contribution in [2.24, 2.45) is 0 Å². The minimum absolute atomic E-state index is 0.315. The van der Waals surface area contributed by atoms with Gasteiger partial charge in [0.05, 0.1) is 14.2 Å². The van der Waals surface area contributed by atoms with E-state index in [2.05, 4.69) is 0 Å². The Balaban J connectivity index is 3.03. The van der Waals surface area contributed by atoms with Crippen molar-refractivity contribution in [1.82, 2.24) is 0 Å². The summed E-state index contributed by atoms with van der Waals surface area (Å²) in [6.07, 6.45) is 0. The lowest BCUT2D eigenvalue weighted by Gasteiger charge is -2.08. The second-order valence-corrected chi connectivity index (χ2v) is 4.24. The molecule has 84 valence electrons. The second kappa shape index (κ2) is 4.48. The highest BCUT2D eigenvalue weighted by Gasteiger charge is 2.11. The first kappa shape index (κ1) is 11.8. The van der Waals surface area contributed by atoms with Gasteiger partial charge in [-0.2, -0.15) is 8.42 Å². The van der Waals surface area contributed by atoms with E-state index in [0.717, 1.165) is 0 Å². The quantitative estimate of drug-likeness (QED) is 0.741. The number of benzene rings is 1. The first-order valence-electron chi connectivity index (χ1n) is 4.09. The lowest BCUT2D eigenvalue weighted by atomic mass is 10.2. The average molecular weight is 234 g/mol. The first-order valence-corrected chi connectivity index (χ1v) is 5.65. The third kappa shape index (κ3) is 3.39. The third-order valence-corrected chi connectivity index (χ3v) is 2.47. The Labute approximate surface area is 87.8 Å². The van der Waals surface area contributed by atoms with Gasteiger partial charge in [-0.15, -0.1) is 3.89 Å². The molecule has 0 bridgehead atoms. The van der Waals surface area contributed by atoms with Gasteiger partial charge in [0, 0.05) is 0 Å². The molecular formula is C9H11FO4S. The minimum Gasteiger partial charge on any atom is -0.493 e. The fourth-order valence-corrected chi connectivity index (χ4v) is 1.75. The van der Waals surface area contributed by atoms with Crippen LogP contribution < -0.4 is 9.47 Å². The zero-order chi connectivity index (χ0) is 11.5. The van der Waals surface area contributed by atoms with Crippen LogP contribution in [-0.4, -0.2) is 22.6 Å². The molecule has 6 heteroatoms. The normalized spacial score (nSPS) is 11.1. The lowest BCUT2D eigenvalue weighted by molar-refractivity contribution is 0.354. The van der Waals surface area contributed by atoms with Gasteiger partial charge in [0.25, 0.3) is 0 Å². The zero-order valence-electron chi connectivity index (χ0n) is 8.36. The van der Waals surface area contributed by atoms with Crippen molar-refractivity contribution in [3.05, 3.63) is 23.8 Å². The van der Waals surface area contributed by atoms with Crippen molar-refractivity contribution in [1.29, 1.82) is 0 Å². The highest BCUT2D eigenvalue weighted by atomic mass is 32.3. The van der Waals surface area contributed by atoms with Gasteiger partial charge in [-0.05, 0) is 17.7 Å². The van der Waals surface area contributed by atoms with Crippen LogP contribution in [0.25, 0.3) is 0 Å². The van der Waals surface area contributed by atoms with Gasteiger partial charge in [-0.25, -0.2) is 0 Å². The van der Waals surface area contributed by atoms with Crippen LogP contribution in [0.4, 0.5) is 3.89 Å². The Morgan fingerprint density at radius 3 is 2.27 bits per heavy atom. The topological polar surface area (TPSA) is 52.6 Å². The van der Waals surface area contributed by atoms with Crippen molar-refractivity contribution in [3.63, 3.8) is 0 Å². The molecule has 0 amide bonds. The van der Waals surface area contributed by atoms with Crippen LogP contribution >= 0.6 is 0 Å². The molecule has 0 radical (unpaired) electrons. The summed E-state index contributed by atoms with van der Waals surface area (Å²) in [6.45, 7) is 0. The fraction of sp³-hybridized carbons (Fsp3) is 0.333. The molecule has 0 fully saturated rings. The molecule has 0 saturated heterocycles. The predicted octanol–water partition coefficient (Wildman–Crippen LogP) is 1.50. The van der Waals surface area contributed by atoms with E-state index in [1.54, 1.807) is 0 Å². The fourth-order valence-electron chi connectivity index (χ4n) is 1.17. The van der Waals surface area contributed by atoms with Gasteiger partial charge >= 0.3 is 10.2 Å². The summed E-state index contributed by atoms with van der Waals surface area (Å²) in [6, 6.07) is 4.42. The van der Waals surface area contributed by atoms with Gasteiger partial charge < -0.3 is 9.47 Å². The van der Waals surface area contributed by atoms with Crippen LogP contribution in [0.15, 0.2) is 18.2 Å². The molecule has 1 aromatic rings. The molecule has 1 aromatic carbocycles. The number of rotatable bonds is 4. The predicted molar refractivity (Wildman–Crippen MR) is 53.3 cm³/mol. The molecule has 0 aromatic heterocycles. The minimum atomic E-state index is -4.52. The number of halogens is 1.